The van der Waals surface area contributed by atoms with E-state index in [1.807, 2.05) is 24.5 Å². The molecule has 27 heavy (non-hydrogen) atoms. The number of aromatic nitrogens is 1. The van der Waals surface area contributed by atoms with Crippen LogP contribution in [-0.4, -0.2) is 38.2 Å². The molecule has 1 N–H and O–H groups in total. The molecule has 2 heterocycles. The van der Waals surface area contributed by atoms with Crippen LogP contribution >= 0.6 is 35.0 Å². The zero-order chi connectivity index (χ0) is 19.9. The Morgan fingerprint density at radius 3 is 2.59 bits per heavy atom. The number of hydrogen-bond donors (Lipinski definition) is 1. The third-order valence-corrected chi connectivity index (χ3v) is 5.54. The molecule has 2 aromatic rings. The van der Waals surface area contributed by atoms with E-state index >= 15 is 0 Å². The summed E-state index contributed by atoms with van der Waals surface area (Å²) in [6, 6.07) is 7.00. The zero-order valence-corrected chi connectivity index (χ0v) is 16.7. The predicted molar refractivity (Wildman–Crippen MR) is 106 cm³/mol. The van der Waals surface area contributed by atoms with Crippen LogP contribution in [0.4, 0.5) is 4.79 Å². The van der Waals surface area contributed by atoms with Gasteiger partial charge in [-0.3, -0.25) is 19.3 Å². The van der Waals surface area contributed by atoms with E-state index in [-0.39, 0.29) is 4.91 Å². The minimum Gasteiger partial charge on any atom is -0.480 e. The van der Waals surface area contributed by atoms with E-state index in [2.05, 4.69) is 0 Å². The summed E-state index contributed by atoms with van der Waals surface area (Å²) in [5, 5.41) is 9.31. The highest BCUT2D eigenvalue weighted by molar-refractivity contribution is 8.18. The molecule has 1 saturated heterocycles. The van der Waals surface area contributed by atoms with E-state index in [9.17, 15) is 14.4 Å². The first-order valence-electron chi connectivity index (χ1n) is 7.80. The molecular formula is C18H14Cl2N2O4S. The van der Waals surface area contributed by atoms with Crippen LogP contribution in [0.15, 0.2) is 29.2 Å². The number of carbonyl (C=O) groups is 3. The molecule has 6 nitrogen and oxygen atoms in total. The number of aliphatic carboxylic acids is 1. The van der Waals surface area contributed by atoms with Crippen LogP contribution in [0.3, 0.4) is 0 Å². The van der Waals surface area contributed by atoms with Gasteiger partial charge >= 0.3 is 5.97 Å². The lowest BCUT2D eigenvalue weighted by Gasteiger charge is -2.12. The fourth-order valence-electron chi connectivity index (χ4n) is 2.87. The lowest BCUT2D eigenvalue weighted by atomic mass is 10.2. The van der Waals surface area contributed by atoms with Crippen molar-refractivity contribution in [1.29, 1.82) is 0 Å². The number of aryl methyl sites for hydroxylation is 1. The Labute approximate surface area is 169 Å². The summed E-state index contributed by atoms with van der Waals surface area (Å²) in [5.74, 6) is -1.86. The number of benzene rings is 1. The molecule has 140 valence electrons. The van der Waals surface area contributed by atoms with E-state index in [1.54, 1.807) is 24.3 Å². The largest absolute Gasteiger partial charge is 0.480 e. The number of thioether (sulfide) groups is 1. The van der Waals surface area contributed by atoms with Crippen molar-refractivity contribution in [2.45, 2.75) is 13.8 Å². The van der Waals surface area contributed by atoms with Crippen molar-refractivity contribution < 1.29 is 19.5 Å². The van der Waals surface area contributed by atoms with Crippen LogP contribution in [-0.2, 0) is 9.59 Å². The molecule has 1 aliphatic heterocycles. The monoisotopic (exact) mass is 424 g/mol. The summed E-state index contributed by atoms with van der Waals surface area (Å²) in [7, 11) is 0. The molecule has 0 unspecified atom stereocenters. The molecule has 0 spiro atoms. The summed E-state index contributed by atoms with van der Waals surface area (Å²) >= 11 is 13.1. The fraction of sp³-hybridized carbons (Fsp3) is 0.167. The Bertz CT molecular complexity index is 1010. The van der Waals surface area contributed by atoms with Crippen LogP contribution in [0.5, 0.6) is 0 Å². The topological polar surface area (TPSA) is 79.6 Å². The molecule has 0 radical (unpaired) electrons. The van der Waals surface area contributed by atoms with Crippen molar-refractivity contribution in [3.05, 3.63) is 56.2 Å². The normalized spacial score (nSPS) is 15.9. The van der Waals surface area contributed by atoms with Crippen LogP contribution in [0, 0.1) is 13.8 Å². The molecule has 1 fully saturated rings. The van der Waals surface area contributed by atoms with Gasteiger partial charge < -0.3 is 9.67 Å². The summed E-state index contributed by atoms with van der Waals surface area (Å²) in [5.41, 5.74) is 3.11. The highest BCUT2D eigenvalue weighted by Gasteiger charge is 2.36. The van der Waals surface area contributed by atoms with Gasteiger partial charge in [0, 0.05) is 16.4 Å². The maximum absolute atomic E-state index is 12.3. The van der Waals surface area contributed by atoms with E-state index in [4.69, 9.17) is 28.3 Å². The number of nitrogens with zero attached hydrogens (tertiary/aromatic N) is 2. The lowest BCUT2D eigenvalue weighted by Crippen LogP contribution is -2.33. The predicted octanol–water partition coefficient (Wildman–Crippen LogP) is 4.52. The van der Waals surface area contributed by atoms with Crippen molar-refractivity contribution in [2.24, 2.45) is 0 Å². The first kappa shape index (κ1) is 19.5. The summed E-state index contributed by atoms with van der Waals surface area (Å²) in [4.78, 5) is 36.0. The maximum atomic E-state index is 12.3. The molecule has 1 aromatic heterocycles. The van der Waals surface area contributed by atoms with Crippen molar-refractivity contribution in [2.75, 3.05) is 6.54 Å². The molecule has 2 amide bonds. The van der Waals surface area contributed by atoms with Gasteiger partial charge in [0.15, 0.2) is 0 Å². The molecule has 0 saturated carbocycles. The molecule has 0 aliphatic carbocycles. The smallest absolute Gasteiger partial charge is 0.323 e. The van der Waals surface area contributed by atoms with Gasteiger partial charge in [-0.2, -0.15) is 0 Å². The number of imide groups is 1. The summed E-state index contributed by atoms with van der Waals surface area (Å²) in [6.07, 6.45) is 1.59. The number of rotatable bonds is 4. The average Bonchev–Trinajstić information content (AvgIpc) is 3.00. The Kier molecular flexibility index (Phi) is 5.37. The molecule has 1 aromatic carbocycles. The van der Waals surface area contributed by atoms with Crippen molar-refractivity contribution in [3.63, 3.8) is 0 Å². The quantitative estimate of drug-likeness (QED) is 0.729. The van der Waals surface area contributed by atoms with E-state index in [0.29, 0.717) is 20.6 Å². The van der Waals surface area contributed by atoms with E-state index < -0.39 is 23.7 Å². The van der Waals surface area contributed by atoms with E-state index in [1.165, 1.54) is 0 Å². The standard InChI is InChI=1S/C18H14Cl2N2O4S/c1-9-5-11(6-15-17(25)21(8-16(23)24)18(26)27-15)10(2)22(9)14-7-12(19)3-4-13(14)20/h3-7H,8H2,1-2H3,(H,23,24)/b15-6+. The first-order chi connectivity index (χ1) is 12.7. The number of hydrogen-bond acceptors (Lipinski definition) is 4. The maximum Gasteiger partial charge on any atom is 0.323 e. The van der Waals surface area contributed by atoms with Gasteiger partial charge in [0.25, 0.3) is 11.1 Å². The SMILES string of the molecule is Cc1cc(/C=C2/SC(=O)N(CC(=O)O)C2=O)c(C)n1-c1cc(Cl)ccc1Cl. The van der Waals surface area contributed by atoms with Gasteiger partial charge in [-0.05, 0) is 61.5 Å². The summed E-state index contributed by atoms with van der Waals surface area (Å²) < 4.78 is 1.90. The fourth-order valence-corrected chi connectivity index (χ4v) is 4.07. The third kappa shape index (κ3) is 3.76. The number of carbonyl (C=O) groups excluding carboxylic acids is 2. The van der Waals surface area contributed by atoms with Crippen molar-refractivity contribution >= 4 is 58.2 Å². The van der Waals surface area contributed by atoms with Crippen LogP contribution < -0.4 is 0 Å². The Hall–Kier alpha value is -2.22. The zero-order valence-electron chi connectivity index (χ0n) is 14.3. The average molecular weight is 425 g/mol. The lowest BCUT2D eigenvalue weighted by molar-refractivity contribution is -0.140. The van der Waals surface area contributed by atoms with Crippen LogP contribution in [0.25, 0.3) is 11.8 Å². The number of amides is 2. The molecule has 0 bridgehead atoms. The number of halogens is 2. The van der Waals surface area contributed by atoms with Gasteiger partial charge in [-0.1, -0.05) is 23.2 Å². The molecular weight excluding hydrogens is 411 g/mol. The Balaban J connectivity index is 2.02. The Morgan fingerprint density at radius 1 is 1.22 bits per heavy atom. The second kappa shape index (κ2) is 7.42. The van der Waals surface area contributed by atoms with Gasteiger partial charge in [0.2, 0.25) is 0 Å². The van der Waals surface area contributed by atoms with Gasteiger partial charge in [0.05, 0.1) is 15.6 Å². The molecule has 3 rings (SSSR count). The second-order valence-electron chi connectivity index (χ2n) is 5.92. The van der Waals surface area contributed by atoms with Gasteiger partial charge in [-0.25, -0.2) is 0 Å². The highest BCUT2D eigenvalue weighted by atomic mass is 35.5. The van der Waals surface area contributed by atoms with Crippen LogP contribution in [0.1, 0.15) is 17.0 Å². The highest BCUT2D eigenvalue weighted by Crippen LogP contribution is 2.34. The van der Waals surface area contributed by atoms with E-state index in [0.717, 1.165) is 28.7 Å². The third-order valence-electron chi connectivity index (χ3n) is 4.07. The molecule has 9 heteroatoms. The minimum absolute atomic E-state index is 0.179. The molecule has 1 aliphatic rings. The number of carboxylic acid groups (broad SMARTS) is 1. The van der Waals surface area contributed by atoms with Crippen LogP contribution in [0.2, 0.25) is 10.0 Å². The second-order valence-corrected chi connectivity index (χ2v) is 7.76. The van der Waals surface area contributed by atoms with Crippen molar-refractivity contribution in [1.82, 2.24) is 9.47 Å². The summed E-state index contributed by atoms with van der Waals surface area (Å²) in [6.45, 7) is 3.09. The minimum atomic E-state index is -1.24. The number of carboxylic acids is 1. The molecule has 0 atom stereocenters. The van der Waals surface area contributed by atoms with Gasteiger partial charge in [-0.15, -0.1) is 0 Å². The first-order valence-corrected chi connectivity index (χ1v) is 9.38. The Morgan fingerprint density at radius 2 is 1.93 bits per heavy atom. The van der Waals surface area contributed by atoms with Crippen molar-refractivity contribution in [3.8, 4) is 5.69 Å². The van der Waals surface area contributed by atoms with Gasteiger partial charge in [0.1, 0.15) is 6.54 Å².